The quantitative estimate of drug-likeness (QED) is 0.847. The lowest BCUT2D eigenvalue weighted by atomic mass is 10.1. The third-order valence-electron chi connectivity index (χ3n) is 3.44. The molecule has 0 bridgehead atoms. The normalized spacial score (nSPS) is 20.4. The van der Waals surface area contributed by atoms with Crippen LogP contribution in [0.2, 0.25) is 0 Å². The Bertz CT molecular complexity index is 509. The van der Waals surface area contributed by atoms with Gasteiger partial charge in [-0.05, 0) is 37.9 Å². The Balaban J connectivity index is 1.75. The van der Waals surface area contributed by atoms with E-state index in [2.05, 4.69) is 33.2 Å². The summed E-state index contributed by atoms with van der Waals surface area (Å²) in [6, 6.07) is 4.73. The number of likely N-dealkylation sites (tertiary alicyclic amines) is 1. The van der Waals surface area contributed by atoms with E-state index in [1.54, 1.807) is 11.3 Å². The van der Waals surface area contributed by atoms with Crippen molar-refractivity contribution >= 4 is 11.3 Å². The molecule has 4 heteroatoms. The van der Waals surface area contributed by atoms with Gasteiger partial charge in [0.15, 0.2) is 0 Å². The zero-order valence-electron chi connectivity index (χ0n) is 10.5. The van der Waals surface area contributed by atoms with Crippen LogP contribution in [0.15, 0.2) is 29.9 Å². The van der Waals surface area contributed by atoms with Crippen molar-refractivity contribution in [1.82, 2.24) is 14.9 Å². The fourth-order valence-corrected chi connectivity index (χ4v) is 3.41. The van der Waals surface area contributed by atoms with E-state index in [0.29, 0.717) is 6.04 Å². The minimum Gasteiger partial charge on any atom is -0.290 e. The molecule has 1 fully saturated rings. The number of nitrogens with zero attached hydrogens (tertiary/aromatic N) is 3. The number of hydrogen-bond acceptors (Lipinski definition) is 4. The Labute approximate surface area is 112 Å². The molecule has 1 atom stereocenters. The Morgan fingerprint density at radius 2 is 2.44 bits per heavy atom. The first-order valence-electron chi connectivity index (χ1n) is 6.38. The fourth-order valence-electron chi connectivity index (χ4n) is 2.62. The topological polar surface area (TPSA) is 29.0 Å². The lowest BCUT2D eigenvalue weighted by molar-refractivity contribution is 0.247. The Morgan fingerprint density at radius 1 is 1.50 bits per heavy atom. The zero-order valence-corrected chi connectivity index (χ0v) is 11.4. The predicted octanol–water partition coefficient (Wildman–Crippen LogP) is 3.18. The molecule has 2 aromatic rings. The van der Waals surface area contributed by atoms with Gasteiger partial charge in [0.2, 0.25) is 0 Å². The van der Waals surface area contributed by atoms with Crippen LogP contribution in [-0.4, -0.2) is 21.4 Å². The number of rotatable bonds is 3. The van der Waals surface area contributed by atoms with E-state index in [4.69, 9.17) is 0 Å². The third kappa shape index (κ3) is 2.44. The highest BCUT2D eigenvalue weighted by atomic mass is 32.1. The van der Waals surface area contributed by atoms with Gasteiger partial charge in [-0.25, -0.2) is 4.98 Å². The van der Waals surface area contributed by atoms with E-state index < -0.39 is 0 Å². The van der Waals surface area contributed by atoms with E-state index in [-0.39, 0.29) is 0 Å². The summed E-state index contributed by atoms with van der Waals surface area (Å²) in [6.07, 6.45) is 6.34. The maximum Gasteiger partial charge on any atom is 0.107 e. The van der Waals surface area contributed by atoms with E-state index in [1.165, 1.54) is 23.4 Å². The molecule has 0 N–H and O–H groups in total. The molecule has 3 nitrogen and oxygen atoms in total. The van der Waals surface area contributed by atoms with Crippen molar-refractivity contribution in [2.75, 3.05) is 6.54 Å². The maximum atomic E-state index is 4.56. The fraction of sp³-hybridized carbons (Fsp3) is 0.429. The minimum absolute atomic E-state index is 0.517. The number of pyridine rings is 1. The highest BCUT2D eigenvalue weighted by Crippen LogP contribution is 2.32. The summed E-state index contributed by atoms with van der Waals surface area (Å²) in [5.41, 5.74) is 2.47. The predicted molar refractivity (Wildman–Crippen MR) is 73.5 cm³/mol. The van der Waals surface area contributed by atoms with E-state index >= 15 is 0 Å². The second-order valence-electron chi connectivity index (χ2n) is 4.80. The molecule has 18 heavy (non-hydrogen) atoms. The second-order valence-corrected chi connectivity index (χ2v) is 5.74. The molecule has 0 saturated carbocycles. The maximum absolute atomic E-state index is 4.56. The van der Waals surface area contributed by atoms with E-state index in [0.717, 1.165) is 18.8 Å². The van der Waals surface area contributed by atoms with Gasteiger partial charge in [0.1, 0.15) is 5.01 Å². The van der Waals surface area contributed by atoms with E-state index in [1.807, 2.05) is 18.5 Å². The van der Waals surface area contributed by atoms with Crippen LogP contribution in [0.3, 0.4) is 0 Å². The summed E-state index contributed by atoms with van der Waals surface area (Å²) >= 11 is 1.77. The summed E-state index contributed by atoms with van der Waals surface area (Å²) in [5.74, 6) is 0. The van der Waals surface area contributed by atoms with Gasteiger partial charge >= 0.3 is 0 Å². The number of thiazole rings is 1. The molecular weight excluding hydrogens is 242 g/mol. The highest BCUT2D eigenvalue weighted by Gasteiger charge is 2.26. The van der Waals surface area contributed by atoms with Gasteiger partial charge in [-0.3, -0.25) is 9.88 Å². The molecular formula is C14H17N3S. The van der Waals surface area contributed by atoms with E-state index in [9.17, 15) is 0 Å². The lowest BCUT2D eigenvalue weighted by Crippen LogP contribution is -2.22. The van der Waals surface area contributed by atoms with Crippen molar-refractivity contribution in [2.24, 2.45) is 0 Å². The van der Waals surface area contributed by atoms with Crippen LogP contribution < -0.4 is 0 Å². The average molecular weight is 259 g/mol. The molecule has 3 rings (SSSR count). The van der Waals surface area contributed by atoms with Gasteiger partial charge < -0.3 is 0 Å². The first-order valence-corrected chi connectivity index (χ1v) is 7.26. The van der Waals surface area contributed by atoms with Crippen LogP contribution in [0.25, 0.3) is 0 Å². The van der Waals surface area contributed by atoms with Crippen LogP contribution in [0, 0.1) is 6.92 Å². The largest absolute Gasteiger partial charge is 0.290 e. The van der Waals surface area contributed by atoms with Crippen LogP contribution in [0.1, 0.15) is 35.1 Å². The first-order chi connectivity index (χ1) is 8.83. The molecule has 2 aromatic heterocycles. The monoisotopic (exact) mass is 259 g/mol. The molecule has 0 aliphatic carbocycles. The number of aryl methyl sites for hydroxylation is 1. The molecule has 1 unspecified atom stereocenters. The van der Waals surface area contributed by atoms with Crippen molar-refractivity contribution in [3.63, 3.8) is 0 Å². The first kappa shape index (κ1) is 11.8. The summed E-state index contributed by atoms with van der Waals surface area (Å²) in [5, 5.41) is 3.35. The van der Waals surface area contributed by atoms with Crippen molar-refractivity contribution in [3.8, 4) is 0 Å². The Hall–Kier alpha value is -1.26. The summed E-state index contributed by atoms with van der Waals surface area (Å²) in [6.45, 7) is 4.19. The Morgan fingerprint density at radius 3 is 3.17 bits per heavy atom. The standard InChI is InChI=1S/C14H17N3S/c1-11-10-18-14(16-11)9-17-7-3-5-13(17)12-4-2-6-15-8-12/h2,4,6,8,10,13H,3,5,7,9H2,1H3. The van der Waals surface area contributed by atoms with Crippen LogP contribution in [-0.2, 0) is 6.54 Å². The van der Waals surface area contributed by atoms with Gasteiger partial charge in [-0.15, -0.1) is 11.3 Å². The molecule has 1 saturated heterocycles. The van der Waals surface area contributed by atoms with Crippen molar-refractivity contribution in [3.05, 3.63) is 46.2 Å². The molecule has 0 amide bonds. The SMILES string of the molecule is Cc1csc(CN2CCCC2c2cccnc2)n1. The summed E-state index contributed by atoms with van der Waals surface area (Å²) < 4.78 is 0. The molecule has 0 radical (unpaired) electrons. The van der Waals surface area contributed by atoms with Gasteiger partial charge in [-0.2, -0.15) is 0 Å². The highest BCUT2D eigenvalue weighted by molar-refractivity contribution is 7.09. The number of aromatic nitrogens is 2. The molecule has 1 aliphatic heterocycles. The van der Waals surface area contributed by atoms with Crippen LogP contribution in [0.4, 0.5) is 0 Å². The average Bonchev–Trinajstić information content (AvgIpc) is 3.00. The van der Waals surface area contributed by atoms with Gasteiger partial charge in [0, 0.05) is 29.5 Å². The molecule has 1 aliphatic rings. The minimum atomic E-state index is 0.517. The van der Waals surface area contributed by atoms with Crippen LogP contribution >= 0.6 is 11.3 Å². The van der Waals surface area contributed by atoms with Crippen molar-refractivity contribution < 1.29 is 0 Å². The molecule has 94 valence electrons. The molecule has 0 spiro atoms. The van der Waals surface area contributed by atoms with Gasteiger partial charge in [0.05, 0.1) is 6.54 Å². The third-order valence-corrected chi connectivity index (χ3v) is 4.39. The lowest BCUT2D eigenvalue weighted by Gasteiger charge is -2.23. The molecule has 0 aromatic carbocycles. The van der Waals surface area contributed by atoms with Gasteiger partial charge in [0.25, 0.3) is 0 Å². The second kappa shape index (κ2) is 5.16. The Kier molecular flexibility index (Phi) is 3.39. The number of hydrogen-bond donors (Lipinski definition) is 0. The van der Waals surface area contributed by atoms with Crippen LogP contribution in [0.5, 0.6) is 0 Å². The smallest absolute Gasteiger partial charge is 0.107 e. The van der Waals surface area contributed by atoms with Crippen molar-refractivity contribution in [1.29, 1.82) is 0 Å². The molecule has 3 heterocycles. The zero-order chi connectivity index (χ0) is 12.4. The summed E-state index contributed by atoms with van der Waals surface area (Å²) in [7, 11) is 0. The van der Waals surface area contributed by atoms with Gasteiger partial charge in [-0.1, -0.05) is 6.07 Å². The van der Waals surface area contributed by atoms with Crippen molar-refractivity contribution in [2.45, 2.75) is 32.4 Å². The summed E-state index contributed by atoms with van der Waals surface area (Å²) in [4.78, 5) is 11.3.